The third kappa shape index (κ3) is 2.16. The first-order valence-corrected chi connectivity index (χ1v) is 6.44. The van der Waals surface area contributed by atoms with Crippen LogP contribution in [0.25, 0.3) is 21.9 Å². The Kier molecular flexibility index (Phi) is 3.21. The molecule has 0 fully saturated rings. The van der Waals surface area contributed by atoms with Crippen LogP contribution in [0.1, 0.15) is 10.4 Å². The SMILES string of the molecule is COc1ccc2ccc(-c3ccccc3C=O)cc2c1. The number of ether oxygens (including phenoxy) is 1. The fourth-order valence-electron chi connectivity index (χ4n) is 2.38. The van der Waals surface area contributed by atoms with E-state index in [0.29, 0.717) is 5.56 Å². The number of carbonyl (C=O) groups is 1. The predicted molar refractivity (Wildman–Crippen MR) is 81.3 cm³/mol. The first-order chi connectivity index (χ1) is 9.81. The van der Waals surface area contributed by atoms with Gasteiger partial charge in [0, 0.05) is 5.56 Å². The summed E-state index contributed by atoms with van der Waals surface area (Å²) >= 11 is 0. The van der Waals surface area contributed by atoms with Crippen LogP contribution in [0.4, 0.5) is 0 Å². The normalized spacial score (nSPS) is 10.4. The van der Waals surface area contributed by atoms with Crippen LogP contribution >= 0.6 is 0 Å². The summed E-state index contributed by atoms with van der Waals surface area (Å²) < 4.78 is 5.26. The highest BCUT2D eigenvalue weighted by molar-refractivity contribution is 5.92. The van der Waals surface area contributed by atoms with E-state index in [1.807, 2.05) is 48.5 Å². The van der Waals surface area contributed by atoms with Crippen molar-refractivity contribution in [3.8, 4) is 16.9 Å². The van der Waals surface area contributed by atoms with E-state index in [2.05, 4.69) is 12.1 Å². The summed E-state index contributed by atoms with van der Waals surface area (Å²) in [7, 11) is 1.66. The molecule has 0 bridgehead atoms. The zero-order chi connectivity index (χ0) is 13.9. The van der Waals surface area contributed by atoms with Gasteiger partial charge in [-0.1, -0.05) is 42.5 Å². The Balaban J connectivity index is 2.19. The van der Waals surface area contributed by atoms with Gasteiger partial charge in [0.05, 0.1) is 7.11 Å². The quantitative estimate of drug-likeness (QED) is 0.657. The Morgan fingerprint density at radius 1 is 0.900 bits per heavy atom. The molecular formula is C18H14O2. The van der Waals surface area contributed by atoms with Crippen molar-refractivity contribution in [3.63, 3.8) is 0 Å². The fourth-order valence-corrected chi connectivity index (χ4v) is 2.38. The smallest absolute Gasteiger partial charge is 0.150 e. The van der Waals surface area contributed by atoms with Gasteiger partial charge in [-0.2, -0.15) is 0 Å². The highest BCUT2D eigenvalue weighted by atomic mass is 16.5. The lowest BCUT2D eigenvalue weighted by Crippen LogP contribution is -1.87. The Morgan fingerprint density at radius 2 is 1.70 bits per heavy atom. The van der Waals surface area contributed by atoms with Crippen LogP contribution in [0.15, 0.2) is 60.7 Å². The van der Waals surface area contributed by atoms with Crippen molar-refractivity contribution in [1.29, 1.82) is 0 Å². The van der Waals surface area contributed by atoms with Crippen molar-refractivity contribution in [2.45, 2.75) is 0 Å². The van der Waals surface area contributed by atoms with Gasteiger partial charge in [-0.15, -0.1) is 0 Å². The number of fused-ring (bicyclic) bond motifs is 1. The second-order valence-corrected chi connectivity index (χ2v) is 4.63. The molecule has 0 aromatic heterocycles. The lowest BCUT2D eigenvalue weighted by atomic mass is 9.97. The van der Waals surface area contributed by atoms with Gasteiger partial charge in [-0.25, -0.2) is 0 Å². The molecule has 0 amide bonds. The molecule has 20 heavy (non-hydrogen) atoms. The summed E-state index contributed by atoms with van der Waals surface area (Å²) in [6.07, 6.45) is 0.894. The van der Waals surface area contributed by atoms with Crippen LogP contribution in [0, 0.1) is 0 Å². The van der Waals surface area contributed by atoms with E-state index in [1.165, 1.54) is 0 Å². The summed E-state index contributed by atoms with van der Waals surface area (Å²) in [6, 6.07) is 19.8. The van der Waals surface area contributed by atoms with Gasteiger partial charge in [0.15, 0.2) is 6.29 Å². The maximum atomic E-state index is 11.1. The van der Waals surface area contributed by atoms with Crippen LogP contribution in [-0.4, -0.2) is 13.4 Å². The molecule has 0 aliphatic carbocycles. The third-order valence-electron chi connectivity index (χ3n) is 3.45. The average molecular weight is 262 g/mol. The lowest BCUT2D eigenvalue weighted by molar-refractivity contribution is 0.112. The third-order valence-corrected chi connectivity index (χ3v) is 3.45. The maximum Gasteiger partial charge on any atom is 0.150 e. The van der Waals surface area contributed by atoms with Crippen LogP contribution in [0.2, 0.25) is 0 Å². The monoisotopic (exact) mass is 262 g/mol. The molecule has 0 atom stereocenters. The van der Waals surface area contributed by atoms with E-state index in [9.17, 15) is 4.79 Å². The Hall–Kier alpha value is -2.61. The average Bonchev–Trinajstić information content (AvgIpc) is 2.53. The molecule has 0 radical (unpaired) electrons. The second-order valence-electron chi connectivity index (χ2n) is 4.63. The Morgan fingerprint density at radius 3 is 2.50 bits per heavy atom. The molecule has 0 saturated carbocycles. The lowest BCUT2D eigenvalue weighted by Gasteiger charge is -2.08. The number of methoxy groups -OCH3 is 1. The largest absolute Gasteiger partial charge is 0.497 e. The predicted octanol–water partition coefficient (Wildman–Crippen LogP) is 4.33. The summed E-state index contributed by atoms with van der Waals surface area (Å²) in [5, 5.41) is 2.25. The van der Waals surface area contributed by atoms with Crippen molar-refractivity contribution in [3.05, 3.63) is 66.2 Å². The summed E-state index contributed by atoms with van der Waals surface area (Å²) in [6.45, 7) is 0. The van der Waals surface area contributed by atoms with Crippen LogP contribution in [-0.2, 0) is 0 Å². The molecule has 0 aliphatic heterocycles. The van der Waals surface area contributed by atoms with E-state index in [-0.39, 0.29) is 0 Å². The molecule has 2 heteroatoms. The molecule has 0 heterocycles. The number of hydrogen-bond donors (Lipinski definition) is 0. The molecule has 3 rings (SSSR count). The molecule has 0 unspecified atom stereocenters. The van der Waals surface area contributed by atoms with E-state index >= 15 is 0 Å². The first-order valence-electron chi connectivity index (χ1n) is 6.44. The molecule has 0 saturated heterocycles. The van der Waals surface area contributed by atoms with Gasteiger partial charge in [-0.3, -0.25) is 4.79 Å². The molecule has 98 valence electrons. The standard InChI is InChI=1S/C18H14O2/c1-20-17-9-8-13-6-7-14(10-16(13)11-17)18-5-3-2-4-15(18)12-19/h2-12H,1H3. The highest BCUT2D eigenvalue weighted by Gasteiger charge is 2.05. The zero-order valence-corrected chi connectivity index (χ0v) is 11.2. The van der Waals surface area contributed by atoms with Crippen molar-refractivity contribution in [2.24, 2.45) is 0 Å². The van der Waals surface area contributed by atoms with E-state index in [1.54, 1.807) is 7.11 Å². The highest BCUT2D eigenvalue weighted by Crippen LogP contribution is 2.28. The number of rotatable bonds is 3. The van der Waals surface area contributed by atoms with E-state index < -0.39 is 0 Å². The number of hydrogen-bond acceptors (Lipinski definition) is 2. The summed E-state index contributed by atoms with van der Waals surface area (Å²) in [5.74, 6) is 0.832. The van der Waals surface area contributed by atoms with E-state index in [0.717, 1.165) is 33.9 Å². The number of carbonyl (C=O) groups excluding carboxylic acids is 1. The van der Waals surface area contributed by atoms with E-state index in [4.69, 9.17) is 4.74 Å². The van der Waals surface area contributed by atoms with Crippen LogP contribution in [0.5, 0.6) is 5.75 Å². The number of benzene rings is 3. The fraction of sp³-hybridized carbons (Fsp3) is 0.0556. The van der Waals surface area contributed by atoms with Gasteiger partial charge in [0.1, 0.15) is 5.75 Å². The van der Waals surface area contributed by atoms with Crippen LogP contribution in [0.3, 0.4) is 0 Å². The van der Waals surface area contributed by atoms with Gasteiger partial charge < -0.3 is 4.74 Å². The Bertz CT molecular complexity index is 775. The number of aldehydes is 1. The van der Waals surface area contributed by atoms with Gasteiger partial charge >= 0.3 is 0 Å². The maximum absolute atomic E-state index is 11.1. The molecule has 3 aromatic carbocycles. The molecule has 2 nitrogen and oxygen atoms in total. The van der Waals surface area contributed by atoms with Gasteiger partial charge in [-0.05, 0) is 40.1 Å². The zero-order valence-electron chi connectivity index (χ0n) is 11.2. The molecule has 0 aliphatic rings. The van der Waals surface area contributed by atoms with Crippen molar-refractivity contribution >= 4 is 17.1 Å². The van der Waals surface area contributed by atoms with Crippen molar-refractivity contribution in [2.75, 3.05) is 7.11 Å². The Labute approximate surface area is 117 Å². The summed E-state index contributed by atoms with van der Waals surface area (Å²) in [4.78, 5) is 11.1. The molecule has 0 N–H and O–H groups in total. The first kappa shape index (κ1) is 12.4. The minimum absolute atomic E-state index is 0.703. The minimum atomic E-state index is 0.703. The molecule has 0 spiro atoms. The molecule has 3 aromatic rings. The second kappa shape index (κ2) is 5.17. The van der Waals surface area contributed by atoms with Crippen LogP contribution < -0.4 is 4.74 Å². The minimum Gasteiger partial charge on any atom is -0.497 e. The van der Waals surface area contributed by atoms with Crippen molar-refractivity contribution in [1.82, 2.24) is 0 Å². The summed E-state index contributed by atoms with van der Waals surface area (Å²) in [5.41, 5.74) is 2.69. The molecular weight excluding hydrogens is 248 g/mol. The van der Waals surface area contributed by atoms with Gasteiger partial charge in [0.2, 0.25) is 0 Å². The van der Waals surface area contributed by atoms with Crippen molar-refractivity contribution < 1.29 is 9.53 Å². The topological polar surface area (TPSA) is 26.3 Å². The van der Waals surface area contributed by atoms with Gasteiger partial charge in [0.25, 0.3) is 0 Å².